The molecule has 5 heteroatoms. The van der Waals surface area contributed by atoms with Gasteiger partial charge in [0.1, 0.15) is 11.4 Å². The number of benzene rings is 2. The first-order valence-corrected chi connectivity index (χ1v) is 9.35. The third-order valence-electron chi connectivity index (χ3n) is 3.54. The van der Waals surface area contributed by atoms with Crippen molar-refractivity contribution in [3.63, 3.8) is 0 Å². The van der Waals surface area contributed by atoms with Crippen LogP contribution in [0.5, 0.6) is 5.75 Å². The minimum absolute atomic E-state index is 0.166. The summed E-state index contributed by atoms with van der Waals surface area (Å²) in [5, 5.41) is 9.52. The van der Waals surface area contributed by atoms with Gasteiger partial charge in [-0.3, -0.25) is 4.57 Å². The maximum atomic E-state index is 13.4. The predicted molar refractivity (Wildman–Crippen MR) is 92.0 cm³/mol. The molecule has 0 aliphatic rings. The lowest BCUT2D eigenvalue weighted by Gasteiger charge is -2.27. The maximum absolute atomic E-state index is 13.4. The van der Waals surface area contributed by atoms with Crippen molar-refractivity contribution in [1.82, 2.24) is 0 Å². The molecule has 1 N–H and O–H groups in total. The van der Waals surface area contributed by atoms with Gasteiger partial charge in [0, 0.05) is 0 Å². The largest absolute Gasteiger partial charge is 0.508 e. The average molecular weight is 334 g/mol. The van der Waals surface area contributed by atoms with Crippen LogP contribution in [0.2, 0.25) is 0 Å². The molecule has 0 aliphatic heterocycles. The first-order chi connectivity index (χ1) is 11.0. The fourth-order valence-corrected chi connectivity index (χ4v) is 4.68. The Bertz CT molecular complexity index is 609. The molecule has 1 unspecified atom stereocenters. The monoisotopic (exact) mass is 334 g/mol. The first kappa shape index (κ1) is 17.7. The lowest BCUT2D eigenvalue weighted by atomic mass is 10.0. The standard InChI is InChI=1S/C18H23O4P/c1-4-21-23(20,22-5-2)18(15-8-6-14(3)7-9-15)16-10-12-17(19)13-11-16/h6-13,18-19H,4-5H2,1-3H3. The van der Waals surface area contributed by atoms with Gasteiger partial charge in [0.2, 0.25) is 0 Å². The Hall–Kier alpha value is -1.61. The minimum atomic E-state index is -3.39. The van der Waals surface area contributed by atoms with Crippen LogP contribution in [0.25, 0.3) is 0 Å². The van der Waals surface area contributed by atoms with Crippen LogP contribution < -0.4 is 0 Å². The molecular weight excluding hydrogens is 311 g/mol. The molecule has 0 radical (unpaired) electrons. The zero-order valence-corrected chi connectivity index (χ0v) is 14.6. The van der Waals surface area contributed by atoms with E-state index in [-0.39, 0.29) is 5.75 Å². The number of aryl methyl sites for hydroxylation is 1. The lowest BCUT2D eigenvalue weighted by molar-refractivity contribution is 0.215. The molecule has 2 aromatic rings. The van der Waals surface area contributed by atoms with Gasteiger partial charge in [-0.25, -0.2) is 0 Å². The molecule has 23 heavy (non-hydrogen) atoms. The van der Waals surface area contributed by atoms with Crippen molar-refractivity contribution in [1.29, 1.82) is 0 Å². The van der Waals surface area contributed by atoms with Crippen LogP contribution in [0, 0.1) is 6.92 Å². The van der Waals surface area contributed by atoms with E-state index < -0.39 is 13.3 Å². The topological polar surface area (TPSA) is 55.8 Å². The summed E-state index contributed by atoms with van der Waals surface area (Å²) >= 11 is 0. The van der Waals surface area contributed by atoms with E-state index in [1.54, 1.807) is 38.1 Å². The van der Waals surface area contributed by atoms with Crippen molar-refractivity contribution in [3.8, 4) is 5.75 Å². The molecule has 0 heterocycles. The van der Waals surface area contributed by atoms with E-state index in [2.05, 4.69) is 0 Å². The van der Waals surface area contributed by atoms with Crippen LogP contribution in [0.1, 0.15) is 36.2 Å². The van der Waals surface area contributed by atoms with Crippen LogP contribution in [0.4, 0.5) is 0 Å². The Balaban J connectivity index is 2.55. The van der Waals surface area contributed by atoms with Gasteiger partial charge in [-0.05, 0) is 44.0 Å². The summed E-state index contributed by atoms with van der Waals surface area (Å²) in [5.74, 6) is 0.166. The summed E-state index contributed by atoms with van der Waals surface area (Å²) < 4.78 is 24.5. The van der Waals surface area contributed by atoms with E-state index in [1.807, 2.05) is 31.2 Å². The third kappa shape index (κ3) is 4.23. The van der Waals surface area contributed by atoms with Crippen LogP contribution in [-0.2, 0) is 13.6 Å². The molecule has 0 spiro atoms. The zero-order valence-electron chi connectivity index (χ0n) is 13.7. The summed E-state index contributed by atoms with van der Waals surface area (Å²) in [6.45, 7) is 6.21. The normalized spacial score (nSPS) is 13.0. The van der Waals surface area contributed by atoms with Crippen molar-refractivity contribution in [2.24, 2.45) is 0 Å². The second-order valence-corrected chi connectivity index (χ2v) is 7.39. The van der Waals surface area contributed by atoms with Gasteiger partial charge in [-0.2, -0.15) is 0 Å². The van der Waals surface area contributed by atoms with Crippen molar-refractivity contribution in [2.45, 2.75) is 26.4 Å². The Morgan fingerprint density at radius 1 is 0.913 bits per heavy atom. The van der Waals surface area contributed by atoms with Crippen LogP contribution in [0.3, 0.4) is 0 Å². The molecule has 0 aliphatic carbocycles. The average Bonchev–Trinajstić information content (AvgIpc) is 2.52. The number of rotatable bonds is 7. The summed E-state index contributed by atoms with van der Waals surface area (Å²) in [4.78, 5) is 0. The van der Waals surface area contributed by atoms with E-state index in [0.717, 1.165) is 16.7 Å². The summed E-state index contributed by atoms with van der Waals surface area (Å²) in [6.07, 6.45) is 0. The van der Waals surface area contributed by atoms with E-state index >= 15 is 0 Å². The fourth-order valence-electron chi connectivity index (χ4n) is 2.51. The molecule has 0 aromatic heterocycles. The summed E-state index contributed by atoms with van der Waals surface area (Å²) in [5.41, 5.74) is 2.26. The predicted octanol–water partition coefficient (Wildman–Crippen LogP) is 5.06. The smallest absolute Gasteiger partial charge is 0.342 e. The van der Waals surface area contributed by atoms with Gasteiger partial charge >= 0.3 is 7.60 Å². The summed E-state index contributed by atoms with van der Waals surface area (Å²) in [6, 6.07) is 14.5. The third-order valence-corrected chi connectivity index (χ3v) is 6.00. The van der Waals surface area contributed by atoms with Crippen LogP contribution in [-0.4, -0.2) is 18.3 Å². The molecule has 2 aromatic carbocycles. The van der Waals surface area contributed by atoms with E-state index in [0.29, 0.717) is 13.2 Å². The van der Waals surface area contributed by atoms with Gasteiger partial charge in [0.15, 0.2) is 0 Å². The zero-order chi connectivity index (χ0) is 16.9. The molecular formula is C18H23O4P. The van der Waals surface area contributed by atoms with E-state index in [4.69, 9.17) is 9.05 Å². The van der Waals surface area contributed by atoms with Crippen LogP contribution in [0.15, 0.2) is 48.5 Å². The molecule has 124 valence electrons. The quantitative estimate of drug-likeness (QED) is 0.719. The molecule has 0 saturated carbocycles. The molecule has 1 atom stereocenters. The summed E-state index contributed by atoms with van der Waals surface area (Å²) in [7, 11) is -3.39. The number of phenolic OH excluding ortho intramolecular Hbond substituents is 1. The van der Waals surface area contributed by atoms with E-state index in [9.17, 15) is 9.67 Å². The highest BCUT2D eigenvalue weighted by atomic mass is 31.2. The van der Waals surface area contributed by atoms with Gasteiger partial charge in [0.05, 0.1) is 13.2 Å². The van der Waals surface area contributed by atoms with Crippen molar-refractivity contribution in [2.75, 3.05) is 13.2 Å². The second kappa shape index (κ2) is 7.78. The Morgan fingerprint density at radius 2 is 1.35 bits per heavy atom. The van der Waals surface area contributed by atoms with Gasteiger partial charge in [-0.15, -0.1) is 0 Å². The highest BCUT2D eigenvalue weighted by molar-refractivity contribution is 7.54. The minimum Gasteiger partial charge on any atom is -0.508 e. The Kier molecular flexibility index (Phi) is 6.00. The Morgan fingerprint density at radius 3 is 1.78 bits per heavy atom. The van der Waals surface area contributed by atoms with Gasteiger partial charge in [0.25, 0.3) is 0 Å². The maximum Gasteiger partial charge on any atom is 0.342 e. The van der Waals surface area contributed by atoms with Crippen molar-refractivity contribution in [3.05, 3.63) is 65.2 Å². The van der Waals surface area contributed by atoms with Crippen LogP contribution >= 0.6 is 7.60 Å². The second-order valence-electron chi connectivity index (χ2n) is 5.28. The number of hydrogen-bond donors (Lipinski definition) is 1. The van der Waals surface area contributed by atoms with Crippen molar-refractivity contribution < 1.29 is 18.7 Å². The molecule has 4 nitrogen and oxygen atoms in total. The molecule has 0 fully saturated rings. The Labute approximate surface area is 137 Å². The molecule has 0 bridgehead atoms. The molecule has 2 rings (SSSR count). The number of aromatic hydroxyl groups is 1. The lowest BCUT2D eigenvalue weighted by Crippen LogP contribution is -2.08. The fraction of sp³-hybridized carbons (Fsp3) is 0.333. The highest BCUT2D eigenvalue weighted by Gasteiger charge is 2.38. The van der Waals surface area contributed by atoms with Gasteiger partial charge < -0.3 is 14.2 Å². The molecule has 0 saturated heterocycles. The highest BCUT2D eigenvalue weighted by Crippen LogP contribution is 2.63. The van der Waals surface area contributed by atoms with Gasteiger partial charge in [-0.1, -0.05) is 42.0 Å². The first-order valence-electron chi connectivity index (χ1n) is 7.74. The molecule has 0 amide bonds. The van der Waals surface area contributed by atoms with E-state index in [1.165, 1.54) is 0 Å². The van der Waals surface area contributed by atoms with Crippen molar-refractivity contribution >= 4 is 7.60 Å². The SMILES string of the molecule is CCOP(=O)(OCC)C(c1ccc(C)cc1)c1ccc(O)cc1. The number of phenols is 1. The number of hydrogen-bond acceptors (Lipinski definition) is 4.